The van der Waals surface area contributed by atoms with Crippen LogP contribution in [0, 0.1) is 19.8 Å². The SMILES string of the molecule is Cc1nc(S[C@@H](C(=O)NCc2cccnc2)C(C)C)oc1C. The van der Waals surface area contributed by atoms with E-state index in [9.17, 15) is 4.79 Å². The van der Waals surface area contributed by atoms with Gasteiger partial charge in [0.2, 0.25) is 5.91 Å². The van der Waals surface area contributed by atoms with Gasteiger partial charge in [0, 0.05) is 18.9 Å². The Bertz CT molecular complexity index is 606. The van der Waals surface area contributed by atoms with Gasteiger partial charge in [-0.05, 0) is 31.4 Å². The molecule has 2 heterocycles. The van der Waals surface area contributed by atoms with Gasteiger partial charge in [0.25, 0.3) is 5.22 Å². The number of nitrogens with one attached hydrogen (secondary N) is 1. The van der Waals surface area contributed by atoms with Crippen LogP contribution in [0.3, 0.4) is 0 Å². The third-order valence-electron chi connectivity index (χ3n) is 3.29. The molecule has 22 heavy (non-hydrogen) atoms. The van der Waals surface area contributed by atoms with E-state index in [1.165, 1.54) is 11.8 Å². The van der Waals surface area contributed by atoms with Crippen LogP contribution in [0.1, 0.15) is 30.9 Å². The maximum atomic E-state index is 12.4. The molecule has 5 nitrogen and oxygen atoms in total. The zero-order valence-electron chi connectivity index (χ0n) is 13.3. The third-order valence-corrected chi connectivity index (χ3v) is 4.68. The number of hydrogen-bond acceptors (Lipinski definition) is 5. The molecular formula is C16H21N3O2S. The number of rotatable bonds is 6. The Morgan fingerprint density at radius 3 is 2.73 bits per heavy atom. The van der Waals surface area contributed by atoms with Crippen molar-refractivity contribution in [1.82, 2.24) is 15.3 Å². The summed E-state index contributed by atoms with van der Waals surface area (Å²) in [5.41, 5.74) is 1.84. The lowest BCUT2D eigenvalue weighted by atomic mass is 10.1. The standard InChI is InChI=1S/C16H21N3O2S/c1-10(2)14(22-16-19-11(3)12(4)21-16)15(20)18-9-13-6-5-7-17-8-13/h5-8,10,14H,9H2,1-4H3,(H,18,20)/t14-/m1/s1. The fourth-order valence-corrected chi connectivity index (χ4v) is 2.93. The van der Waals surface area contributed by atoms with E-state index in [0.717, 1.165) is 17.0 Å². The van der Waals surface area contributed by atoms with Gasteiger partial charge in [-0.2, -0.15) is 0 Å². The Kier molecular flexibility index (Phi) is 5.60. The molecule has 0 unspecified atom stereocenters. The molecule has 0 saturated carbocycles. The van der Waals surface area contributed by atoms with E-state index in [-0.39, 0.29) is 17.1 Å². The molecule has 0 saturated heterocycles. The van der Waals surface area contributed by atoms with Gasteiger partial charge in [-0.25, -0.2) is 4.98 Å². The molecule has 2 rings (SSSR count). The first-order chi connectivity index (χ1) is 10.5. The number of hydrogen-bond donors (Lipinski definition) is 1. The Balaban J connectivity index is 1.99. The molecule has 2 aromatic rings. The fourth-order valence-electron chi connectivity index (χ4n) is 1.89. The minimum Gasteiger partial charge on any atom is -0.437 e. The van der Waals surface area contributed by atoms with Crippen LogP contribution in [0.2, 0.25) is 0 Å². The molecule has 118 valence electrons. The van der Waals surface area contributed by atoms with E-state index in [1.54, 1.807) is 12.4 Å². The molecule has 0 bridgehead atoms. The van der Waals surface area contributed by atoms with Gasteiger partial charge < -0.3 is 9.73 Å². The van der Waals surface area contributed by atoms with Gasteiger partial charge in [0.05, 0.1) is 10.9 Å². The number of thioether (sulfide) groups is 1. The summed E-state index contributed by atoms with van der Waals surface area (Å²) >= 11 is 1.37. The predicted molar refractivity (Wildman–Crippen MR) is 86.5 cm³/mol. The first-order valence-corrected chi connectivity index (χ1v) is 8.12. The van der Waals surface area contributed by atoms with Crippen LogP contribution in [0.25, 0.3) is 0 Å². The smallest absolute Gasteiger partial charge is 0.256 e. The van der Waals surface area contributed by atoms with Crippen molar-refractivity contribution in [2.75, 3.05) is 0 Å². The number of carbonyl (C=O) groups excluding carboxylic acids is 1. The molecule has 0 fully saturated rings. The van der Waals surface area contributed by atoms with Crippen LogP contribution in [0.4, 0.5) is 0 Å². The van der Waals surface area contributed by atoms with Crippen molar-refractivity contribution < 1.29 is 9.21 Å². The van der Waals surface area contributed by atoms with E-state index >= 15 is 0 Å². The molecule has 2 aromatic heterocycles. The summed E-state index contributed by atoms with van der Waals surface area (Å²) in [5.74, 6) is 0.949. The Morgan fingerprint density at radius 2 is 2.18 bits per heavy atom. The van der Waals surface area contributed by atoms with Crippen LogP contribution < -0.4 is 5.32 Å². The monoisotopic (exact) mass is 319 g/mol. The normalized spacial score (nSPS) is 12.4. The number of pyridine rings is 1. The molecule has 1 N–H and O–H groups in total. The quantitative estimate of drug-likeness (QED) is 0.829. The zero-order chi connectivity index (χ0) is 16.1. The number of aryl methyl sites for hydroxylation is 2. The van der Waals surface area contributed by atoms with Gasteiger partial charge in [-0.15, -0.1) is 0 Å². The topological polar surface area (TPSA) is 68.0 Å². The van der Waals surface area contributed by atoms with Gasteiger partial charge in [0.1, 0.15) is 5.76 Å². The summed E-state index contributed by atoms with van der Waals surface area (Å²) in [7, 11) is 0. The van der Waals surface area contributed by atoms with Crippen LogP contribution in [0.15, 0.2) is 34.2 Å². The average molecular weight is 319 g/mol. The second kappa shape index (κ2) is 7.45. The van der Waals surface area contributed by atoms with Crippen molar-refractivity contribution in [1.29, 1.82) is 0 Å². The first kappa shape index (κ1) is 16.5. The summed E-state index contributed by atoms with van der Waals surface area (Å²) in [5, 5.41) is 3.26. The van der Waals surface area contributed by atoms with E-state index in [0.29, 0.717) is 11.8 Å². The minimum atomic E-state index is -0.242. The van der Waals surface area contributed by atoms with Crippen molar-refractivity contribution >= 4 is 17.7 Å². The van der Waals surface area contributed by atoms with Crippen molar-refractivity contribution in [2.24, 2.45) is 5.92 Å². The molecule has 1 atom stereocenters. The second-order valence-corrected chi connectivity index (χ2v) is 6.58. The van der Waals surface area contributed by atoms with Crippen LogP contribution in [-0.2, 0) is 11.3 Å². The predicted octanol–water partition coefficient (Wildman–Crippen LogP) is 3.12. The highest BCUT2D eigenvalue weighted by molar-refractivity contribution is 8.00. The number of amides is 1. The molecule has 0 radical (unpaired) electrons. The van der Waals surface area contributed by atoms with Crippen LogP contribution in [-0.4, -0.2) is 21.1 Å². The first-order valence-electron chi connectivity index (χ1n) is 7.24. The maximum Gasteiger partial charge on any atom is 0.256 e. The summed E-state index contributed by atoms with van der Waals surface area (Å²) < 4.78 is 5.57. The molecular weight excluding hydrogens is 298 g/mol. The van der Waals surface area contributed by atoms with Crippen molar-refractivity contribution in [3.8, 4) is 0 Å². The molecule has 0 aliphatic rings. The number of oxazole rings is 1. The summed E-state index contributed by atoms with van der Waals surface area (Å²) in [4.78, 5) is 20.8. The maximum absolute atomic E-state index is 12.4. The molecule has 0 spiro atoms. The lowest BCUT2D eigenvalue weighted by molar-refractivity contribution is -0.121. The number of carbonyl (C=O) groups is 1. The van der Waals surface area contributed by atoms with Gasteiger partial charge in [0.15, 0.2) is 0 Å². The van der Waals surface area contributed by atoms with E-state index < -0.39 is 0 Å². The summed E-state index contributed by atoms with van der Waals surface area (Å²) in [6.07, 6.45) is 3.46. The van der Waals surface area contributed by atoms with Crippen LogP contribution >= 0.6 is 11.8 Å². The highest BCUT2D eigenvalue weighted by atomic mass is 32.2. The van der Waals surface area contributed by atoms with Crippen molar-refractivity contribution in [3.05, 3.63) is 41.5 Å². The molecule has 0 aromatic carbocycles. The molecule has 0 aliphatic carbocycles. The van der Waals surface area contributed by atoms with Gasteiger partial charge in [-0.1, -0.05) is 31.7 Å². The fraction of sp³-hybridized carbons (Fsp3) is 0.438. The largest absolute Gasteiger partial charge is 0.437 e. The molecule has 0 aliphatic heterocycles. The van der Waals surface area contributed by atoms with Crippen LogP contribution in [0.5, 0.6) is 0 Å². The summed E-state index contributed by atoms with van der Waals surface area (Å²) in [6.45, 7) is 8.28. The lowest BCUT2D eigenvalue weighted by Gasteiger charge is -2.18. The Hall–Kier alpha value is -1.82. The highest BCUT2D eigenvalue weighted by Gasteiger charge is 2.25. The number of nitrogens with zero attached hydrogens (tertiary/aromatic N) is 2. The van der Waals surface area contributed by atoms with Gasteiger partial charge >= 0.3 is 0 Å². The number of aromatic nitrogens is 2. The minimum absolute atomic E-state index is 0.0163. The zero-order valence-corrected chi connectivity index (χ0v) is 14.1. The Morgan fingerprint density at radius 1 is 1.41 bits per heavy atom. The molecule has 1 amide bonds. The lowest BCUT2D eigenvalue weighted by Crippen LogP contribution is -2.35. The summed E-state index contributed by atoms with van der Waals surface area (Å²) in [6, 6.07) is 3.79. The average Bonchev–Trinajstić information content (AvgIpc) is 2.81. The van der Waals surface area contributed by atoms with Crippen molar-refractivity contribution in [2.45, 2.75) is 44.7 Å². The van der Waals surface area contributed by atoms with Crippen molar-refractivity contribution in [3.63, 3.8) is 0 Å². The van der Waals surface area contributed by atoms with Gasteiger partial charge in [-0.3, -0.25) is 9.78 Å². The second-order valence-electron chi connectivity index (χ2n) is 5.48. The third kappa shape index (κ3) is 4.34. The highest BCUT2D eigenvalue weighted by Crippen LogP contribution is 2.29. The van der Waals surface area contributed by atoms with E-state index in [4.69, 9.17) is 4.42 Å². The molecule has 6 heteroatoms. The Labute approximate surface area is 134 Å². The van der Waals surface area contributed by atoms with E-state index in [1.807, 2.05) is 39.8 Å². The van der Waals surface area contributed by atoms with E-state index in [2.05, 4.69) is 15.3 Å².